The molecule has 2 aliphatic heterocycles. The van der Waals surface area contributed by atoms with Crippen molar-refractivity contribution in [2.24, 2.45) is 10.9 Å². The smallest absolute Gasteiger partial charge is 0.220 e. The first kappa shape index (κ1) is 22.5. The van der Waals surface area contributed by atoms with Crippen LogP contribution >= 0.6 is 24.0 Å². The molecule has 6 nitrogen and oxygen atoms in total. The first-order valence-electron chi connectivity index (χ1n) is 9.61. The topological polar surface area (TPSA) is 60.0 Å². The van der Waals surface area contributed by atoms with Crippen LogP contribution in [0, 0.1) is 5.92 Å². The predicted octanol–water partition coefficient (Wildman–Crippen LogP) is 1.90. The van der Waals surface area contributed by atoms with E-state index in [2.05, 4.69) is 25.4 Å². The molecule has 0 spiro atoms. The minimum absolute atomic E-state index is 0. The van der Waals surface area contributed by atoms with Gasteiger partial charge in [-0.15, -0.1) is 24.0 Å². The highest BCUT2D eigenvalue weighted by Crippen LogP contribution is 2.20. The lowest BCUT2D eigenvalue weighted by molar-refractivity contribution is -0.121. The molecule has 0 radical (unpaired) electrons. The van der Waals surface area contributed by atoms with Crippen molar-refractivity contribution in [1.29, 1.82) is 0 Å². The zero-order chi connectivity index (χ0) is 17.2. The molecule has 0 bridgehead atoms. The Hall–Kier alpha value is -0.570. The average Bonchev–Trinajstić information content (AvgIpc) is 3.12. The number of piperidine rings is 1. The number of rotatable bonds is 7. The molecule has 0 unspecified atom stereocenters. The number of likely N-dealkylation sites (tertiary alicyclic amines) is 2. The minimum Gasteiger partial charge on any atom is -0.359 e. The normalized spacial score (nSPS) is 19.6. The van der Waals surface area contributed by atoms with Crippen LogP contribution in [0.15, 0.2) is 4.99 Å². The third kappa shape index (κ3) is 8.11. The lowest BCUT2D eigenvalue weighted by atomic mass is 9.93. The molecule has 2 fully saturated rings. The van der Waals surface area contributed by atoms with Crippen LogP contribution in [0.3, 0.4) is 0 Å². The number of unbranched alkanes of at least 4 members (excludes halogenated alkanes) is 1. The molecule has 2 heterocycles. The Balaban J connectivity index is 0.00000312. The quantitative estimate of drug-likeness (QED) is 0.261. The number of nitrogens with zero attached hydrogens (tertiary/aromatic N) is 3. The van der Waals surface area contributed by atoms with Gasteiger partial charge in [0.1, 0.15) is 0 Å². The minimum atomic E-state index is 0. The van der Waals surface area contributed by atoms with Crippen LogP contribution in [0.4, 0.5) is 0 Å². The summed E-state index contributed by atoms with van der Waals surface area (Å²) in [6.45, 7) is 6.81. The SMILES string of the molecule is CN=C(NCCCCN1CCCC1)N1CCC(CC(=O)NC)CC1.I. The van der Waals surface area contributed by atoms with E-state index in [0.29, 0.717) is 12.3 Å². The Morgan fingerprint density at radius 1 is 1.12 bits per heavy atom. The van der Waals surface area contributed by atoms with Gasteiger partial charge in [0, 0.05) is 40.2 Å². The van der Waals surface area contributed by atoms with Gasteiger partial charge >= 0.3 is 0 Å². The Morgan fingerprint density at radius 3 is 2.40 bits per heavy atom. The fourth-order valence-electron chi connectivity index (χ4n) is 3.71. The fraction of sp³-hybridized carbons (Fsp3) is 0.889. The highest BCUT2D eigenvalue weighted by atomic mass is 127. The van der Waals surface area contributed by atoms with Gasteiger partial charge in [-0.2, -0.15) is 0 Å². The molecular formula is C18H36IN5O. The van der Waals surface area contributed by atoms with Crippen molar-refractivity contribution < 1.29 is 4.79 Å². The van der Waals surface area contributed by atoms with Gasteiger partial charge in [0.25, 0.3) is 0 Å². The van der Waals surface area contributed by atoms with E-state index >= 15 is 0 Å². The Labute approximate surface area is 170 Å². The zero-order valence-corrected chi connectivity index (χ0v) is 18.3. The van der Waals surface area contributed by atoms with Crippen LogP contribution < -0.4 is 10.6 Å². The van der Waals surface area contributed by atoms with Crippen molar-refractivity contribution in [3.8, 4) is 0 Å². The summed E-state index contributed by atoms with van der Waals surface area (Å²) in [5.74, 6) is 1.70. The molecule has 2 aliphatic rings. The van der Waals surface area contributed by atoms with Gasteiger partial charge < -0.3 is 20.4 Å². The second-order valence-electron chi connectivity index (χ2n) is 7.04. The number of halogens is 1. The van der Waals surface area contributed by atoms with E-state index in [4.69, 9.17) is 0 Å². The molecule has 0 aromatic heterocycles. The van der Waals surface area contributed by atoms with Crippen LogP contribution in [-0.2, 0) is 4.79 Å². The summed E-state index contributed by atoms with van der Waals surface area (Å²) in [4.78, 5) is 20.8. The third-order valence-electron chi connectivity index (χ3n) is 5.26. The van der Waals surface area contributed by atoms with Gasteiger partial charge in [-0.05, 0) is 64.1 Å². The molecule has 0 aromatic carbocycles. The predicted molar refractivity (Wildman–Crippen MR) is 115 cm³/mol. The van der Waals surface area contributed by atoms with Gasteiger partial charge in [0.2, 0.25) is 5.91 Å². The van der Waals surface area contributed by atoms with E-state index in [0.717, 1.165) is 38.4 Å². The first-order chi connectivity index (χ1) is 11.7. The van der Waals surface area contributed by atoms with Gasteiger partial charge in [0.15, 0.2) is 5.96 Å². The highest BCUT2D eigenvalue weighted by molar-refractivity contribution is 14.0. The molecule has 0 aromatic rings. The molecule has 2 rings (SSSR count). The van der Waals surface area contributed by atoms with E-state index in [1.54, 1.807) is 7.05 Å². The van der Waals surface area contributed by atoms with Gasteiger partial charge in [-0.1, -0.05) is 0 Å². The number of hydrogen-bond donors (Lipinski definition) is 2. The summed E-state index contributed by atoms with van der Waals surface area (Å²) in [6, 6.07) is 0. The summed E-state index contributed by atoms with van der Waals surface area (Å²) in [6.07, 6.45) is 8.02. The summed E-state index contributed by atoms with van der Waals surface area (Å²) in [7, 11) is 3.58. The maximum Gasteiger partial charge on any atom is 0.220 e. The third-order valence-corrected chi connectivity index (χ3v) is 5.26. The molecule has 2 N–H and O–H groups in total. The summed E-state index contributed by atoms with van der Waals surface area (Å²) in [5.41, 5.74) is 0. The standard InChI is InChI=1S/C18H35N5O.HI/c1-19-17(24)15-16-7-13-23(14-8-16)18(20-2)21-9-3-4-10-22-11-5-6-12-22;/h16H,3-15H2,1-2H3,(H,19,24)(H,20,21);1H. The van der Waals surface area contributed by atoms with Crippen molar-refractivity contribution >= 4 is 35.8 Å². The molecule has 1 amide bonds. The van der Waals surface area contributed by atoms with Gasteiger partial charge in [-0.3, -0.25) is 9.79 Å². The zero-order valence-electron chi connectivity index (χ0n) is 15.9. The van der Waals surface area contributed by atoms with Crippen LogP contribution in [0.5, 0.6) is 0 Å². The number of guanidine groups is 1. The van der Waals surface area contributed by atoms with E-state index in [9.17, 15) is 4.79 Å². The van der Waals surface area contributed by atoms with Gasteiger partial charge in [0.05, 0.1) is 0 Å². The van der Waals surface area contributed by atoms with Crippen molar-refractivity contribution in [3.63, 3.8) is 0 Å². The molecule has 25 heavy (non-hydrogen) atoms. The molecule has 0 atom stereocenters. The van der Waals surface area contributed by atoms with Crippen LogP contribution in [-0.4, -0.2) is 75.0 Å². The first-order valence-corrected chi connectivity index (χ1v) is 9.61. The maximum absolute atomic E-state index is 11.5. The largest absolute Gasteiger partial charge is 0.359 e. The Bertz CT molecular complexity index is 404. The van der Waals surface area contributed by atoms with E-state index in [1.165, 1.54) is 45.3 Å². The Kier molecular flexibility index (Phi) is 11.4. The number of amides is 1. The second kappa shape index (κ2) is 12.7. The molecule has 2 saturated heterocycles. The van der Waals surface area contributed by atoms with Crippen LogP contribution in [0.25, 0.3) is 0 Å². The fourth-order valence-corrected chi connectivity index (χ4v) is 3.71. The molecule has 0 saturated carbocycles. The highest BCUT2D eigenvalue weighted by Gasteiger charge is 2.22. The molecule has 146 valence electrons. The summed E-state index contributed by atoms with van der Waals surface area (Å²) >= 11 is 0. The number of nitrogens with one attached hydrogen (secondary N) is 2. The molecule has 0 aliphatic carbocycles. The van der Waals surface area contributed by atoms with Crippen LogP contribution in [0.1, 0.15) is 44.9 Å². The molecular weight excluding hydrogens is 429 g/mol. The number of carbonyl (C=O) groups is 1. The van der Waals surface area contributed by atoms with Crippen molar-refractivity contribution in [2.45, 2.75) is 44.9 Å². The maximum atomic E-state index is 11.5. The average molecular weight is 465 g/mol. The Morgan fingerprint density at radius 2 is 1.80 bits per heavy atom. The van der Waals surface area contributed by atoms with Crippen molar-refractivity contribution in [2.75, 3.05) is 53.4 Å². The second-order valence-corrected chi connectivity index (χ2v) is 7.04. The van der Waals surface area contributed by atoms with E-state index in [-0.39, 0.29) is 29.9 Å². The summed E-state index contributed by atoms with van der Waals surface area (Å²) < 4.78 is 0. The monoisotopic (exact) mass is 465 g/mol. The number of carbonyl (C=O) groups excluding carboxylic acids is 1. The number of hydrogen-bond acceptors (Lipinski definition) is 3. The van der Waals surface area contributed by atoms with E-state index in [1.807, 2.05) is 7.05 Å². The number of aliphatic imine (C=N–C) groups is 1. The van der Waals surface area contributed by atoms with E-state index < -0.39 is 0 Å². The summed E-state index contributed by atoms with van der Waals surface area (Å²) in [5, 5.41) is 6.23. The van der Waals surface area contributed by atoms with Crippen LogP contribution in [0.2, 0.25) is 0 Å². The van der Waals surface area contributed by atoms with Crippen molar-refractivity contribution in [3.05, 3.63) is 0 Å². The molecule has 7 heteroatoms. The lowest BCUT2D eigenvalue weighted by Crippen LogP contribution is -2.46. The lowest BCUT2D eigenvalue weighted by Gasteiger charge is -2.34. The van der Waals surface area contributed by atoms with Crippen molar-refractivity contribution in [1.82, 2.24) is 20.4 Å². The van der Waals surface area contributed by atoms with Gasteiger partial charge in [-0.25, -0.2) is 0 Å².